The predicted octanol–water partition coefficient (Wildman–Crippen LogP) is 2.50. The maximum atomic E-state index is 13.5. The minimum Gasteiger partial charge on any atom is -0.467 e. The molecule has 0 aliphatic heterocycles. The smallest absolute Gasteiger partial charge is 0.300 e. The maximum absolute atomic E-state index is 13.5. The van der Waals surface area contributed by atoms with Crippen molar-refractivity contribution < 1.29 is 13.6 Å². The lowest BCUT2D eigenvalue weighted by Gasteiger charge is -2.11. The number of rotatable bonds is 7. The molecule has 0 spiro atoms. The summed E-state index contributed by atoms with van der Waals surface area (Å²) in [6.07, 6.45) is 5.55. The average Bonchev–Trinajstić information content (AvgIpc) is 3.37. The molecule has 0 aliphatic carbocycles. The van der Waals surface area contributed by atoms with Crippen LogP contribution in [0.3, 0.4) is 0 Å². The minimum atomic E-state index is -0.430. The predicted molar refractivity (Wildman–Crippen MR) is 107 cm³/mol. The summed E-state index contributed by atoms with van der Waals surface area (Å²) in [4.78, 5) is 24.9. The summed E-state index contributed by atoms with van der Waals surface area (Å²) in [6.45, 7) is 2.27. The number of furan rings is 1. The Hall–Kier alpha value is -3.75. The number of carbonyl (C=O) groups excluding carboxylic acids is 1. The Morgan fingerprint density at radius 2 is 2.10 bits per heavy atom. The van der Waals surface area contributed by atoms with Gasteiger partial charge in [0, 0.05) is 25.2 Å². The van der Waals surface area contributed by atoms with Crippen LogP contribution in [-0.2, 0) is 17.8 Å². The van der Waals surface area contributed by atoms with Gasteiger partial charge in [-0.15, -0.1) is 10.2 Å². The van der Waals surface area contributed by atoms with Crippen LogP contribution in [0.15, 0.2) is 64.3 Å². The lowest BCUT2D eigenvalue weighted by Crippen LogP contribution is -2.25. The molecular formula is C21H20FN5O3. The second-order valence-corrected chi connectivity index (χ2v) is 7.13. The fraction of sp³-hybridized carbons (Fsp3) is 0.238. The minimum absolute atomic E-state index is 0.0142. The second-order valence-electron chi connectivity index (χ2n) is 7.13. The topological polar surface area (TPSA) is 94.4 Å². The number of carbonyl (C=O) groups is 1. The van der Waals surface area contributed by atoms with Gasteiger partial charge in [0.25, 0.3) is 0 Å². The molecule has 1 aromatic carbocycles. The summed E-state index contributed by atoms with van der Waals surface area (Å²) in [6, 6.07) is 9.33. The Kier molecular flexibility index (Phi) is 5.42. The van der Waals surface area contributed by atoms with E-state index in [1.165, 1.54) is 22.8 Å². The third-order valence-electron chi connectivity index (χ3n) is 4.73. The van der Waals surface area contributed by atoms with Crippen LogP contribution in [0.1, 0.15) is 24.9 Å². The summed E-state index contributed by atoms with van der Waals surface area (Å²) in [5, 5.41) is 10.9. The quantitative estimate of drug-likeness (QED) is 0.506. The number of amides is 1. The van der Waals surface area contributed by atoms with Crippen LogP contribution >= 0.6 is 0 Å². The van der Waals surface area contributed by atoms with E-state index in [4.69, 9.17) is 4.42 Å². The molecule has 4 aromatic rings. The molecule has 8 nitrogen and oxygen atoms in total. The van der Waals surface area contributed by atoms with E-state index in [0.29, 0.717) is 36.7 Å². The van der Waals surface area contributed by atoms with Gasteiger partial charge in [0.05, 0.1) is 18.5 Å². The number of nitrogens with zero attached hydrogens (tertiary/aromatic N) is 4. The summed E-state index contributed by atoms with van der Waals surface area (Å²) >= 11 is 0. The molecule has 0 fully saturated rings. The molecule has 1 amide bonds. The highest BCUT2D eigenvalue weighted by molar-refractivity contribution is 5.76. The molecule has 3 heterocycles. The van der Waals surface area contributed by atoms with Crippen molar-refractivity contribution in [3.8, 4) is 5.69 Å². The largest absolute Gasteiger partial charge is 0.467 e. The van der Waals surface area contributed by atoms with E-state index in [1.807, 2.05) is 6.92 Å². The van der Waals surface area contributed by atoms with Gasteiger partial charge in [-0.3, -0.25) is 18.6 Å². The molecule has 3 aromatic heterocycles. The van der Waals surface area contributed by atoms with Crippen molar-refractivity contribution in [1.29, 1.82) is 0 Å². The Morgan fingerprint density at radius 1 is 1.23 bits per heavy atom. The lowest BCUT2D eigenvalue weighted by molar-refractivity contribution is -0.122. The molecular weight excluding hydrogens is 389 g/mol. The first-order valence-electron chi connectivity index (χ1n) is 9.51. The number of hydrogen-bond acceptors (Lipinski definition) is 5. The van der Waals surface area contributed by atoms with Gasteiger partial charge in [0.2, 0.25) is 11.6 Å². The van der Waals surface area contributed by atoms with Gasteiger partial charge in [-0.1, -0.05) is 13.0 Å². The van der Waals surface area contributed by atoms with E-state index in [9.17, 15) is 14.0 Å². The molecule has 0 aliphatic rings. The van der Waals surface area contributed by atoms with Gasteiger partial charge in [0.15, 0.2) is 0 Å². The maximum Gasteiger partial charge on any atom is 0.300 e. The number of hydrogen-bond donors (Lipinski definition) is 1. The van der Waals surface area contributed by atoms with E-state index in [0.717, 1.165) is 0 Å². The fourth-order valence-electron chi connectivity index (χ4n) is 3.27. The fourth-order valence-corrected chi connectivity index (χ4v) is 3.27. The second kappa shape index (κ2) is 8.32. The van der Waals surface area contributed by atoms with E-state index >= 15 is 0 Å². The summed E-state index contributed by atoms with van der Waals surface area (Å²) in [5.74, 6) is 0.732. The van der Waals surface area contributed by atoms with Crippen molar-refractivity contribution >= 4 is 11.6 Å². The van der Waals surface area contributed by atoms with Gasteiger partial charge < -0.3 is 9.73 Å². The van der Waals surface area contributed by atoms with Crippen molar-refractivity contribution in [3.63, 3.8) is 0 Å². The zero-order valence-corrected chi connectivity index (χ0v) is 16.3. The Morgan fingerprint density at radius 3 is 2.87 bits per heavy atom. The Balaban J connectivity index is 1.46. The van der Waals surface area contributed by atoms with Crippen molar-refractivity contribution in [3.05, 3.63) is 82.8 Å². The van der Waals surface area contributed by atoms with Crippen LogP contribution in [0.2, 0.25) is 0 Å². The number of halogens is 1. The summed E-state index contributed by atoms with van der Waals surface area (Å²) in [5.41, 5.74) is 0.158. The highest BCUT2D eigenvalue weighted by Crippen LogP contribution is 2.13. The normalized spacial score (nSPS) is 12.2. The van der Waals surface area contributed by atoms with E-state index in [1.54, 1.807) is 41.3 Å². The van der Waals surface area contributed by atoms with Crippen molar-refractivity contribution in [2.24, 2.45) is 5.92 Å². The SMILES string of the molecule is C[C@@H](CC(=O)NCc1ccco1)Cc1nnc2c(=O)n(-c3cccc(F)c3)ccn12. The van der Waals surface area contributed by atoms with Crippen LogP contribution in [0.5, 0.6) is 0 Å². The molecule has 0 saturated carbocycles. The summed E-state index contributed by atoms with van der Waals surface area (Å²) in [7, 11) is 0. The lowest BCUT2D eigenvalue weighted by atomic mass is 10.0. The molecule has 154 valence electrons. The third kappa shape index (κ3) is 4.14. The molecule has 0 unspecified atom stereocenters. The molecule has 1 N–H and O–H groups in total. The van der Waals surface area contributed by atoms with Crippen LogP contribution in [0.25, 0.3) is 11.3 Å². The highest BCUT2D eigenvalue weighted by Gasteiger charge is 2.16. The Labute approximate surface area is 171 Å². The molecule has 0 bridgehead atoms. The van der Waals surface area contributed by atoms with Crippen LogP contribution in [-0.4, -0.2) is 25.1 Å². The van der Waals surface area contributed by atoms with Gasteiger partial charge in [-0.2, -0.15) is 0 Å². The monoisotopic (exact) mass is 409 g/mol. The average molecular weight is 409 g/mol. The number of nitrogens with one attached hydrogen (secondary N) is 1. The van der Waals surface area contributed by atoms with Gasteiger partial charge in [-0.25, -0.2) is 4.39 Å². The molecule has 4 rings (SSSR count). The zero-order valence-electron chi connectivity index (χ0n) is 16.3. The highest BCUT2D eigenvalue weighted by atomic mass is 19.1. The van der Waals surface area contributed by atoms with Crippen LogP contribution < -0.4 is 10.9 Å². The van der Waals surface area contributed by atoms with Crippen molar-refractivity contribution in [2.75, 3.05) is 0 Å². The van der Waals surface area contributed by atoms with Gasteiger partial charge in [-0.05, 0) is 36.2 Å². The number of fused-ring (bicyclic) bond motifs is 1. The molecule has 0 saturated heterocycles. The first-order chi connectivity index (χ1) is 14.5. The first-order valence-corrected chi connectivity index (χ1v) is 9.51. The van der Waals surface area contributed by atoms with Crippen LogP contribution in [0, 0.1) is 11.7 Å². The Bertz CT molecular complexity index is 1230. The van der Waals surface area contributed by atoms with Crippen LogP contribution in [0.4, 0.5) is 4.39 Å². The third-order valence-corrected chi connectivity index (χ3v) is 4.73. The first kappa shape index (κ1) is 19.6. The van der Waals surface area contributed by atoms with Gasteiger partial charge >= 0.3 is 5.56 Å². The van der Waals surface area contributed by atoms with E-state index in [2.05, 4.69) is 15.5 Å². The van der Waals surface area contributed by atoms with E-state index in [-0.39, 0.29) is 17.5 Å². The van der Waals surface area contributed by atoms with Crippen molar-refractivity contribution in [2.45, 2.75) is 26.3 Å². The molecule has 9 heteroatoms. The van der Waals surface area contributed by atoms with Crippen molar-refractivity contribution in [1.82, 2.24) is 24.5 Å². The number of aromatic nitrogens is 4. The summed E-state index contributed by atoms with van der Waals surface area (Å²) < 4.78 is 21.6. The molecule has 30 heavy (non-hydrogen) atoms. The standard InChI is InChI=1S/C21H20FN5O3/c1-14(11-19(28)23-13-17-6-3-9-30-17)10-18-24-25-20-21(29)26(7-8-27(18)20)16-5-2-4-15(22)12-16/h2-9,12,14H,10-11,13H2,1H3,(H,23,28)/t14-/m1/s1. The molecule has 0 radical (unpaired) electrons. The number of benzene rings is 1. The van der Waals surface area contributed by atoms with Gasteiger partial charge in [0.1, 0.15) is 17.4 Å². The molecule has 1 atom stereocenters. The zero-order chi connectivity index (χ0) is 21.1. The van der Waals surface area contributed by atoms with E-state index < -0.39 is 11.4 Å².